The topological polar surface area (TPSA) is 66.9 Å². The Morgan fingerprint density at radius 2 is 2.22 bits per heavy atom. The van der Waals surface area contributed by atoms with Crippen LogP contribution in [0.3, 0.4) is 0 Å². The van der Waals surface area contributed by atoms with Crippen molar-refractivity contribution in [3.8, 4) is 0 Å². The van der Waals surface area contributed by atoms with Gasteiger partial charge in [0.15, 0.2) is 5.13 Å². The highest BCUT2D eigenvalue weighted by molar-refractivity contribution is 9.11. The maximum Gasteiger partial charge on any atom is 0.261 e. The van der Waals surface area contributed by atoms with E-state index in [1.807, 2.05) is 0 Å². The number of nitrogens with one attached hydrogen (secondary N) is 2. The Labute approximate surface area is 115 Å². The molecule has 2 aromatic heterocycles. The van der Waals surface area contributed by atoms with Crippen LogP contribution >= 0.6 is 27.3 Å². The molecule has 2 aromatic rings. The fourth-order valence-electron chi connectivity index (χ4n) is 1.29. The van der Waals surface area contributed by atoms with Crippen LogP contribution in [-0.4, -0.2) is 22.9 Å². The number of aromatic nitrogens is 2. The third-order valence-electron chi connectivity index (χ3n) is 2.03. The van der Waals surface area contributed by atoms with Gasteiger partial charge in [-0.15, -0.1) is 0 Å². The van der Waals surface area contributed by atoms with Gasteiger partial charge < -0.3 is 5.32 Å². The lowest BCUT2D eigenvalue weighted by molar-refractivity contribution is 0.102. The highest BCUT2D eigenvalue weighted by atomic mass is 79.9. The normalized spacial score (nSPS) is 10.2. The van der Waals surface area contributed by atoms with E-state index in [0.717, 1.165) is 16.0 Å². The van der Waals surface area contributed by atoms with Gasteiger partial charge in [-0.05, 0) is 22.0 Å². The first-order valence-corrected chi connectivity index (χ1v) is 6.47. The van der Waals surface area contributed by atoms with Crippen LogP contribution in [0.1, 0.15) is 10.4 Å². The molecule has 0 bridgehead atoms. The number of thiazole rings is 1. The van der Waals surface area contributed by atoms with Gasteiger partial charge in [0.1, 0.15) is 11.6 Å². The number of anilines is 2. The van der Waals surface area contributed by atoms with Crippen molar-refractivity contribution >= 4 is 44.1 Å². The lowest BCUT2D eigenvalue weighted by atomic mass is 10.2. The van der Waals surface area contributed by atoms with Crippen molar-refractivity contribution in [3.05, 3.63) is 33.6 Å². The second-order valence-electron chi connectivity index (χ2n) is 3.22. The van der Waals surface area contributed by atoms with E-state index in [0.29, 0.717) is 10.9 Å². The molecule has 0 fully saturated rings. The maximum atomic E-state index is 13.1. The van der Waals surface area contributed by atoms with Gasteiger partial charge >= 0.3 is 0 Å². The summed E-state index contributed by atoms with van der Waals surface area (Å²) in [5.74, 6) is -0.725. The number of hydrogen-bond donors (Lipinski definition) is 2. The fraction of sp³-hybridized carbons (Fsp3) is 0.100. The van der Waals surface area contributed by atoms with Crippen molar-refractivity contribution in [1.82, 2.24) is 9.97 Å². The van der Waals surface area contributed by atoms with Crippen LogP contribution in [-0.2, 0) is 0 Å². The molecule has 2 N–H and O–H groups in total. The minimum absolute atomic E-state index is 0.129. The van der Waals surface area contributed by atoms with Crippen LogP contribution in [0.4, 0.5) is 15.3 Å². The summed E-state index contributed by atoms with van der Waals surface area (Å²) in [6, 6.07) is 1.12. The zero-order valence-electron chi connectivity index (χ0n) is 9.20. The zero-order valence-corrected chi connectivity index (χ0v) is 11.6. The number of carbonyl (C=O) groups excluding carboxylic acids is 1. The quantitative estimate of drug-likeness (QED) is 0.908. The summed E-state index contributed by atoms with van der Waals surface area (Å²) in [4.78, 5) is 19.7. The lowest BCUT2D eigenvalue weighted by Crippen LogP contribution is -2.15. The summed E-state index contributed by atoms with van der Waals surface area (Å²) >= 11 is 4.51. The summed E-state index contributed by atoms with van der Waals surface area (Å²) in [7, 11) is 1.61. The molecular formula is C10H8BrFN4OS. The van der Waals surface area contributed by atoms with Crippen LogP contribution in [0.25, 0.3) is 0 Å². The van der Waals surface area contributed by atoms with Gasteiger partial charge in [0.25, 0.3) is 5.91 Å². The third-order valence-corrected chi connectivity index (χ3v) is 3.43. The van der Waals surface area contributed by atoms with Crippen LogP contribution in [0.15, 0.2) is 22.2 Å². The molecule has 0 atom stereocenters. The van der Waals surface area contributed by atoms with Crippen LogP contribution in [0, 0.1) is 5.82 Å². The first-order chi connectivity index (χ1) is 8.60. The highest BCUT2D eigenvalue weighted by Gasteiger charge is 2.14. The summed E-state index contributed by atoms with van der Waals surface area (Å²) in [5.41, 5.74) is 0.129. The Kier molecular flexibility index (Phi) is 3.87. The zero-order chi connectivity index (χ0) is 13.1. The molecule has 0 saturated carbocycles. The molecule has 0 spiro atoms. The van der Waals surface area contributed by atoms with Crippen molar-refractivity contribution in [2.45, 2.75) is 0 Å². The summed E-state index contributed by atoms with van der Waals surface area (Å²) < 4.78 is 13.9. The number of pyridine rings is 1. The molecule has 0 saturated heterocycles. The van der Waals surface area contributed by atoms with Crippen molar-refractivity contribution in [3.63, 3.8) is 0 Å². The van der Waals surface area contributed by atoms with E-state index in [1.165, 1.54) is 11.3 Å². The van der Waals surface area contributed by atoms with Crippen LogP contribution < -0.4 is 10.6 Å². The number of amides is 1. The first-order valence-electron chi connectivity index (χ1n) is 4.86. The number of nitrogens with zero attached hydrogens (tertiary/aromatic N) is 2. The number of halogens is 2. The Balaban J connectivity index is 2.25. The Morgan fingerprint density at radius 1 is 1.44 bits per heavy atom. The monoisotopic (exact) mass is 330 g/mol. The second-order valence-corrected chi connectivity index (χ2v) is 5.63. The Morgan fingerprint density at radius 3 is 2.83 bits per heavy atom. The second kappa shape index (κ2) is 5.40. The van der Waals surface area contributed by atoms with E-state index in [4.69, 9.17) is 0 Å². The summed E-state index contributed by atoms with van der Waals surface area (Å²) in [6.07, 6.45) is 2.62. The predicted molar refractivity (Wildman–Crippen MR) is 71.5 cm³/mol. The third kappa shape index (κ3) is 2.82. The van der Waals surface area contributed by atoms with Gasteiger partial charge in [-0.3, -0.25) is 10.1 Å². The fourth-order valence-corrected chi connectivity index (χ4v) is 2.39. The van der Waals surface area contributed by atoms with Crippen molar-refractivity contribution in [1.29, 1.82) is 0 Å². The molecule has 1 amide bonds. The van der Waals surface area contributed by atoms with Gasteiger partial charge in [-0.1, -0.05) is 11.3 Å². The van der Waals surface area contributed by atoms with E-state index in [-0.39, 0.29) is 5.56 Å². The standard InChI is InChI=1S/C10H8BrFN4OS/c1-13-8-6(2-5(12)3-14-8)9(17)16-10-15-4-7(11)18-10/h2-4H,1H3,(H,13,14)(H,15,16,17). The molecule has 0 radical (unpaired) electrons. The van der Waals surface area contributed by atoms with E-state index in [9.17, 15) is 9.18 Å². The van der Waals surface area contributed by atoms with Crippen LogP contribution in [0.5, 0.6) is 0 Å². The minimum atomic E-state index is -0.570. The number of hydrogen-bond acceptors (Lipinski definition) is 5. The first kappa shape index (κ1) is 12.9. The van der Waals surface area contributed by atoms with E-state index < -0.39 is 11.7 Å². The van der Waals surface area contributed by atoms with Crippen molar-refractivity contribution in [2.75, 3.05) is 17.7 Å². The van der Waals surface area contributed by atoms with Crippen LogP contribution in [0.2, 0.25) is 0 Å². The molecule has 2 rings (SSSR count). The minimum Gasteiger partial charge on any atom is -0.372 e. The van der Waals surface area contributed by atoms with E-state index >= 15 is 0 Å². The molecule has 0 aliphatic rings. The number of rotatable bonds is 3. The molecule has 5 nitrogen and oxygen atoms in total. The van der Waals surface area contributed by atoms with Crippen molar-refractivity contribution < 1.29 is 9.18 Å². The van der Waals surface area contributed by atoms with E-state index in [2.05, 4.69) is 36.5 Å². The summed E-state index contributed by atoms with van der Waals surface area (Å²) in [6.45, 7) is 0. The average molecular weight is 331 g/mol. The Bertz CT molecular complexity index is 589. The van der Waals surface area contributed by atoms with Gasteiger partial charge in [0, 0.05) is 7.05 Å². The summed E-state index contributed by atoms with van der Waals surface area (Å²) in [5, 5.41) is 5.73. The molecule has 0 aliphatic heterocycles. The van der Waals surface area contributed by atoms with E-state index in [1.54, 1.807) is 13.2 Å². The molecule has 0 unspecified atom stereocenters. The highest BCUT2D eigenvalue weighted by Crippen LogP contribution is 2.24. The van der Waals surface area contributed by atoms with Gasteiger partial charge in [0.05, 0.1) is 21.7 Å². The SMILES string of the molecule is CNc1ncc(F)cc1C(=O)Nc1ncc(Br)s1. The predicted octanol–water partition coefficient (Wildman–Crippen LogP) is 2.73. The molecule has 18 heavy (non-hydrogen) atoms. The average Bonchev–Trinajstić information content (AvgIpc) is 2.74. The number of carbonyl (C=O) groups is 1. The lowest BCUT2D eigenvalue weighted by Gasteiger charge is -2.07. The van der Waals surface area contributed by atoms with Gasteiger partial charge in [-0.25, -0.2) is 14.4 Å². The molecule has 94 valence electrons. The smallest absolute Gasteiger partial charge is 0.261 e. The molecular weight excluding hydrogens is 323 g/mol. The van der Waals surface area contributed by atoms with Gasteiger partial charge in [-0.2, -0.15) is 0 Å². The molecule has 8 heteroatoms. The largest absolute Gasteiger partial charge is 0.372 e. The molecule has 2 heterocycles. The molecule has 0 aliphatic carbocycles. The van der Waals surface area contributed by atoms with Crippen molar-refractivity contribution in [2.24, 2.45) is 0 Å². The Hall–Kier alpha value is -1.54. The van der Waals surface area contributed by atoms with Gasteiger partial charge in [0.2, 0.25) is 0 Å². The molecule has 0 aromatic carbocycles. The maximum absolute atomic E-state index is 13.1.